The molecule has 1 aromatic rings. The van der Waals surface area contributed by atoms with Gasteiger partial charge >= 0.3 is 0 Å². The number of carbonyl (C=O) groups excluding carboxylic acids is 1. The van der Waals surface area contributed by atoms with E-state index < -0.39 is 5.82 Å². The summed E-state index contributed by atoms with van der Waals surface area (Å²) in [7, 11) is 0. The van der Waals surface area contributed by atoms with E-state index in [4.69, 9.17) is 0 Å². The van der Waals surface area contributed by atoms with Crippen LogP contribution in [0.3, 0.4) is 0 Å². The number of piperidine rings is 1. The summed E-state index contributed by atoms with van der Waals surface area (Å²) in [6.07, 6.45) is 2.88. The molecule has 0 saturated carbocycles. The Hall–Kier alpha value is -1.62. The minimum absolute atomic E-state index is 0.0303. The topological polar surface area (TPSA) is 52.6 Å². The molecule has 0 aliphatic carbocycles. The lowest BCUT2D eigenvalue weighted by Gasteiger charge is -2.32. The highest BCUT2D eigenvalue weighted by molar-refractivity contribution is 5.94. The maximum Gasteiger partial charge on any atom is 0.256 e. The number of rotatable bonds is 4. The largest absolute Gasteiger partial charge is 0.508 e. The molecule has 1 aliphatic rings. The lowest BCUT2D eigenvalue weighted by Crippen LogP contribution is -2.45. The summed E-state index contributed by atoms with van der Waals surface area (Å²) in [4.78, 5) is 13.9. The van der Waals surface area contributed by atoms with Crippen LogP contribution in [0, 0.1) is 5.82 Å². The summed E-state index contributed by atoms with van der Waals surface area (Å²) < 4.78 is 13.7. The van der Waals surface area contributed by atoms with E-state index in [1.165, 1.54) is 12.1 Å². The van der Waals surface area contributed by atoms with Crippen LogP contribution >= 0.6 is 0 Å². The second-order valence-electron chi connectivity index (χ2n) is 5.18. The van der Waals surface area contributed by atoms with Crippen molar-refractivity contribution >= 4 is 5.91 Å². The first-order valence-corrected chi connectivity index (χ1v) is 7.13. The van der Waals surface area contributed by atoms with Gasteiger partial charge in [-0.25, -0.2) is 4.39 Å². The number of benzene rings is 1. The van der Waals surface area contributed by atoms with Gasteiger partial charge in [0.2, 0.25) is 0 Å². The van der Waals surface area contributed by atoms with Crippen LogP contribution in [0.15, 0.2) is 18.2 Å². The monoisotopic (exact) mass is 280 g/mol. The van der Waals surface area contributed by atoms with E-state index in [-0.39, 0.29) is 17.2 Å². The summed E-state index contributed by atoms with van der Waals surface area (Å²) in [5, 5.41) is 12.6. The zero-order chi connectivity index (χ0) is 14.5. The second-order valence-corrected chi connectivity index (χ2v) is 5.18. The number of likely N-dealkylation sites (tertiary alicyclic amines) is 1. The van der Waals surface area contributed by atoms with Gasteiger partial charge in [0.25, 0.3) is 5.91 Å². The number of nitrogens with one attached hydrogen (secondary N) is 1. The van der Waals surface area contributed by atoms with E-state index in [1.54, 1.807) is 4.90 Å². The molecule has 2 rings (SSSR count). The lowest BCUT2D eigenvalue weighted by molar-refractivity contribution is 0.0700. The molecule has 20 heavy (non-hydrogen) atoms. The number of phenolic OH excluding ortho intramolecular Hbond substituents is 1. The Labute approximate surface area is 118 Å². The summed E-state index contributed by atoms with van der Waals surface area (Å²) in [6.45, 7) is 4.39. The van der Waals surface area contributed by atoms with Gasteiger partial charge in [-0.05, 0) is 37.9 Å². The van der Waals surface area contributed by atoms with Crippen molar-refractivity contribution in [3.8, 4) is 5.75 Å². The van der Waals surface area contributed by atoms with Crippen molar-refractivity contribution in [2.24, 2.45) is 0 Å². The number of aromatic hydroxyl groups is 1. The Balaban J connectivity index is 1.94. The molecule has 5 heteroatoms. The molecule has 2 N–H and O–H groups in total. The molecule has 1 amide bonds. The van der Waals surface area contributed by atoms with Crippen LogP contribution in [-0.4, -0.2) is 41.6 Å². The quantitative estimate of drug-likeness (QED) is 0.888. The van der Waals surface area contributed by atoms with E-state index >= 15 is 0 Å². The standard InChI is InChI=1S/C15H21FN2O2/c1-2-7-17-11-5-8-18(9-6-11)15(20)13-4-3-12(19)10-14(13)16/h3-4,10-11,17,19H,2,5-9H2,1H3. The molecule has 1 heterocycles. The molecule has 1 aromatic carbocycles. The highest BCUT2D eigenvalue weighted by Gasteiger charge is 2.24. The second kappa shape index (κ2) is 6.70. The molecule has 1 aliphatic heterocycles. The Morgan fingerprint density at radius 1 is 1.45 bits per heavy atom. The average Bonchev–Trinajstić information content (AvgIpc) is 2.45. The molecular formula is C15H21FN2O2. The lowest BCUT2D eigenvalue weighted by atomic mass is 10.0. The molecule has 0 atom stereocenters. The van der Waals surface area contributed by atoms with Crippen LogP contribution in [0.2, 0.25) is 0 Å². The van der Waals surface area contributed by atoms with Crippen molar-refractivity contribution in [3.63, 3.8) is 0 Å². The van der Waals surface area contributed by atoms with Gasteiger partial charge in [0, 0.05) is 25.2 Å². The highest BCUT2D eigenvalue weighted by atomic mass is 19.1. The van der Waals surface area contributed by atoms with Crippen LogP contribution in [0.5, 0.6) is 5.75 Å². The van der Waals surface area contributed by atoms with Gasteiger partial charge in [0.05, 0.1) is 5.56 Å². The van der Waals surface area contributed by atoms with Crippen molar-refractivity contribution in [1.29, 1.82) is 0 Å². The predicted octanol–water partition coefficient (Wildman–Crippen LogP) is 2.14. The van der Waals surface area contributed by atoms with E-state index in [2.05, 4.69) is 12.2 Å². The van der Waals surface area contributed by atoms with Crippen molar-refractivity contribution in [2.45, 2.75) is 32.2 Å². The summed E-state index contributed by atoms with van der Waals surface area (Å²) in [5.74, 6) is -1.13. The molecular weight excluding hydrogens is 259 g/mol. The normalized spacial score (nSPS) is 16.4. The number of nitrogens with zero attached hydrogens (tertiary/aromatic N) is 1. The third-order valence-electron chi connectivity index (χ3n) is 3.65. The maximum absolute atomic E-state index is 13.7. The minimum Gasteiger partial charge on any atom is -0.508 e. The molecule has 0 radical (unpaired) electrons. The van der Waals surface area contributed by atoms with E-state index in [9.17, 15) is 14.3 Å². The van der Waals surface area contributed by atoms with E-state index in [1.807, 2.05) is 0 Å². The molecule has 0 bridgehead atoms. The van der Waals surface area contributed by atoms with Crippen molar-refractivity contribution in [1.82, 2.24) is 10.2 Å². The third-order valence-corrected chi connectivity index (χ3v) is 3.65. The fraction of sp³-hybridized carbons (Fsp3) is 0.533. The minimum atomic E-state index is -0.666. The van der Waals surface area contributed by atoms with Gasteiger partial charge in [0.15, 0.2) is 0 Å². The van der Waals surface area contributed by atoms with Gasteiger partial charge in [-0.1, -0.05) is 6.92 Å². The van der Waals surface area contributed by atoms with Gasteiger partial charge in [-0.2, -0.15) is 0 Å². The Kier molecular flexibility index (Phi) is 4.95. The number of phenols is 1. The van der Waals surface area contributed by atoms with E-state index in [0.717, 1.165) is 31.9 Å². The summed E-state index contributed by atoms with van der Waals surface area (Å²) >= 11 is 0. The number of halogens is 1. The molecule has 0 unspecified atom stereocenters. The summed E-state index contributed by atoms with van der Waals surface area (Å²) in [5.41, 5.74) is 0.0303. The molecule has 1 saturated heterocycles. The highest BCUT2D eigenvalue weighted by Crippen LogP contribution is 2.19. The zero-order valence-electron chi connectivity index (χ0n) is 11.7. The van der Waals surface area contributed by atoms with Crippen LogP contribution in [0.4, 0.5) is 4.39 Å². The fourth-order valence-electron chi connectivity index (χ4n) is 2.48. The molecule has 0 aromatic heterocycles. The molecule has 4 nitrogen and oxygen atoms in total. The smallest absolute Gasteiger partial charge is 0.256 e. The first kappa shape index (κ1) is 14.8. The fourth-order valence-corrected chi connectivity index (χ4v) is 2.48. The molecule has 1 fully saturated rings. The van der Waals surface area contributed by atoms with Gasteiger partial charge in [-0.3, -0.25) is 4.79 Å². The van der Waals surface area contributed by atoms with Crippen LogP contribution < -0.4 is 5.32 Å². The third kappa shape index (κ3) is 3.48. The zero-order valence-corrected chi connectivity index (χ0v) is 11.7. The number of carbonyl (C=O) groups is 1. The van der Waals surface area contributed by atoms with Crippen LogP contribution in [-0.2, 0) is 0 Å². The first-order valence-electron chi connectivity index (χ1n) is 7.13. The Morgan fingerprint density at radius 3 is 2.75 bits per heavy atom. The van der Waals surface area contributed by atoms with Gasteiger partial charge in [0.1, 0.15) is 11.6 Å². The number of hydrogen-bond donors (Lipinski definition) is 2. The predicted molar refractivity (Wildman–Crippen MR) is 75.3 cm³/mol. The van der Waals surface area contributed by atoms with Crippen molar-refractivity contribution < 1.29 is 14.3 Å². The SMILES string of the molecule is CCCNC1CCN(C(=O)c2ccc(O)cc2F)CC1. The Morgan fingerprint density at radius 2 is 2.15 bits per heavy atom. The van der Waals surface area contributed by atoms with Crippen LogP contribution in [0.1, 0.15) is 36.5 Å². The maximum atomic E-state index is 13.7. The van der Waals surface area contributed by atoms with E-state index in [0.29, 0.717) is 19.1 Å². The first-order chi connectivity index (χ1) is 9.61. The van der Waals surface area contributed by atoms with Crippen molar-refractivity contribution in [2.75, 3.05) is 19.6 Å². The van der Waals surface area contributed by atoms with Crippen molar-refractivity contribution in [3.05, 3.63) is 29.6 Å². The number of amides is 1. The number of hydrogen-bond acceptors (Lipinski definition) is 3. The Bertz CT molecular complexity index is 471. The molecule has 110 valence electrons. The van der Waals surface area contributed by atoms with Crippen LogP contribution in [0.25, 0.3) is 0 Å². The summed E-state index contributed by atoms with van der Waals surface area (Å²) in [6, 6.07) is 4.10. The average molecular weight is 280 g/mol. The molecule has 0 spiro atoms. The van der Waals surface area contributed by atoms with Gasteiger partial charge in [-0.15, -0.1) is 0 Å². The van der Waals surface area contributed by atoms with Gasteiger partial charge < -0.3 is 15.3 Å².